The van der Waals surface area contributed by atoms with E-state index < -0.39 is 0 Å². The number of phenols is 2. The van der Waals surface area contributed by atoms with E-state index in [9.17, 15) is 5.11 Å². The molecule has 0 fully saturated rings. The molecule has 0 aliphatic heterocycles. The maximum atomic E-state index is 9.30. The Bertz CT molecular complexity index is 653. The lowest BCUT2D eigenvalue weighted by atomic mass is 10.2. The fraction of sp³-hybridized carbons (Fsp3) is 0.478. The Kier molecular flexibility index (Phi) is 14.1. The number of aryl methyl sites for hydroxylation is 2. The second-order valence-electron chi connectivity index (χ2n) is 6.46. The zero-order valence-electron chi connectivity index (χ0n) is 18.1. The maximum absolute atomic E-state index is 9.30. The summed E-state index contributed by atoms with van der Waals surface area (Å²) in [4.78, 5) is 0. The van der Waals surface area contributed by atoms with E-state index >= 15 is 0 Å². The van der Waals surface area contributed by atoms with Gasteiger partial charge >= 0.3 is 0 Å². The van der Waals surface area contributed by atoms with Crippen LogP contribution in [-0.4, -0.2) is 70.2 Å². The van der Waals surface area contributed by atoms with E-state index in [4.69, 9.17) is 28.8 Å². The first-order valence-corrected chi connectivity index (χ1v) is 9.93. The number of methoxy groups -OCH3 is 1. The highest BCUT2D eigenvalue weighted by molar-refractivity contribution is 5.38. The molecule has 0 spiro atoms. The highest BCUT2D eigenvalue weighted by Crippen LogP contribution is 2.22. The van der Waals surface area contributed by atoms with Crippen LogP contribution in [0.3, 0.4) is 0 Å². The van der Waals surface area contributed by atoms with Gasteiger partial charge in [0.05, 0.1) is 46.2 Å². The summed E-state index contributed by atoms with van der Waals surface area (Å²) in [6.07, 6.45) is 0. The number of phenolic OH excluding ortho intramolecular Hbond substituents is 2. The molecule has 30 heavy (non-hydrogen) atoms. The minimum atomic E-state index is 0.240. The van der Waals surface area contributed by atoms with Crippen molar-refractivity contribution in [3.05, 3.63) is 53.6 Å². The largest absolute Gasteiger partial charge is 0.508 e. The quantitative estimate of drug-likeness (QED) is 0.478. The van der Waals surface area contributed by atoms with Gasteiger partial charge in [-0.3, -0.25) is 0 Å². The molecular weight excluding hydrogens is 388 g/mol. The molecule has 2 N–H and O–H groups in total. The molecule has 0 amide bonds. The zero-order valence-corrected chi connectivity index (χ0v) is 18.1. The van der Waals surface area contributed by atoms with Crippen molar-refractivity contribution in [2.24, 2.45) is 0 Å². The molecule has 0 aromatic heterocycles. The average molecular weight is 423 g/mol. The Labute approximate surface area is 179 Å². The van der Waals surface area contributed by atoms with Gasteiger partial charge in [0.15, 0.2) is 0 Å². The van der Waals surface area contributed by atoms with E-state index in [2.05, 4.69) is 0 Å². The first-order chi connectivity index (χ1) is 14.5. The second-order valence-corrected chi connectivity index (χ2v) is 6.46. The van der Waals surface area contributed by atoms with E-state index in [0.29, 0.717) is 58.6 Å². The van der Waals surface area contributed by atoms with Crippen LogP contribution in [0.15, 0.2) is 42.5 Å². The Morgan fingerprint density at radius 3 is 1.63 bits per heavy atom. The molecule has 0 saturated carbocycles. The van der Waals surface area contributed by atoms with Crippen LogP contribution < -0.4 is 4.74 Å². The minimum absolute atomic E-state index is 0.240. The second kappa shape index (κ2) is 16.5. The van der Waals surface area contributed by atoms with Gasteiger partial charge in [0.1, 0.15) is 23.9 Å². The van der Waals surface area contributed by atoms with E-state index in [0.717, 1.165) is 11.3 Å². The number of ether oxygens (including phenoxy) is 5. The summed E-state index contributed by atoms with van der Waals surface area (Å²) in [6.45, 7) is 8.19. The summed E-state index contributed by atoms with van der Waals surface area (Å²) >= 11 is 0. The van der Waals surface area contributed by atoms with Crippen molar-refractivity contribution in [3.8, 4) is 17.2 Å². The van der Waals surface area contributed by atoms with Crippen LogP contribution in [0.2, 0.25) is 0 Å². The minimum Gasteiger partial charge on any atom is -0.508 e. The predicted molar refractivity (Wildman–Crippen MR) is 116 cm³/mol. The van der Waals surface area contributed by atoms with Gasteiger partial charge in [0, 0.05) is 7.11 Å². The van der Waals surface area contributed by atoms with Crippen molar-refractivity contribution in [2.45, 2.75) is 13.8 Å². The fourth-order valence-electron chi connectivity index (χ4n) is 2.23. The topological polar surface area (TPSA) is 86.6 Å². The molecule has 0 atom stereocenters. The molecular formula is C23H34O7. The Balaban J connectivity index is 0.000000467. The highest BCUT2D eigenvalue weighted by atomic mass is 16.6. The third-order valence-corrected chi connectivity index (χ3v) is 3.85. The van der Waals surface area contributed by atoms with Crippen LogP contribution in [-0.2, 0) is 18.9 Å². The molecule has 0 bridgehead atoms. The number of benzene rings is 2. The fourth-order valence-corrected chi connectivity index (χ4v) is 2.23. The van der Waals surface area contributed by atoms with Gasteiger partial charge in [0.2, 0.25) is 0 Å². The molecule has 2 aromatic carbocycles. The van der Waals surface area contributed by atoms with E-state index in [1.54, 1.807) is 37.4 Å². The predicted octanol–water partition coefficient (Wildman–Crippen LogP) is 3.48. The van der Waals surface area contributed by atoms with Crippen molar-refractivity contribution in [1.82, 2.24) is 0 Å². The molecule has 7 nitrogen and oxygen atoms in total. The van der Waals surface area contributed by atoms with E-state index in [1.807, 2.05) is 26.0 Å². The molecule has 0 saturated heterocycles. The highest BCUT2D eigenvalue weighted by Gasteiger charge is 2.00. The molecule has 0 radical (unpaired) electrons. The first kappa shape index (κ1) is 25.7. The van der Waals surface area contributed by atoms with Gasteiger partial charge in [-0.25, -0.2) is 0 Å². The Hall–Kier alpha value is -2.32. The molecule has 0 aliphatic rings. The van der Waals surface area contributed by atoms with Gasteiger partial charge in [-0.2, -0.15) is 0 Å². The van der Waals surface area contributed by atoms with Crippen LogP contribution in [0.5, 0.6) is 17.2 Å². The third kappa shape index (κ3) is 13.0. The van der Waals surface area contributed by atoms with Crippen molar-refractivity contribution in [1.29, 1.82) is 0 Å². The Morgan fingerprint density at radius 1 is 0.633 bits per heavy atom. The van der Waals surface area contributed by atoms with Crippen molar-refractivity contribution < 1.29 is 33.9 Å². The van der Waals surface area contributed by atoms with Crippen molar-refractivity contribution >= 4 is 0 Å². The average Bonchev–Trinajstić information content (AvgIpc) is 2.73. The molecule has 2 aromatic rings. The smallest absolute Gasteiger partial charge is 0.122 e. The van der Waals surface area contributed by atoms with Crippen LogP contribution in [0.25, 0.3) is 0 Å². The summed E-state index contributed by atoms with van der Waals surface area (Å²) in [5.74, 6) is 1.32. The summed E-state index contributed by atoms with van der Waals surface area (Å²) < 4.78 is 26.4. The van der Waals surface area contributed by atoms with Crippen LogP contribution >= 0.6 is 0 Å². The standard InChI is InChI=1S/C16H26O6.C7H8O/c1-14-13-15(17)3-4-16(14)22-12-11-21-10-9-20-8-7-19-6-5-18-2;1-6-2-4-7(8)5-3-6/h3-4,13,17H,5-12H2,1-2H3;2-5,8H,1H3. The lowest BCUT2D eigenvalue weighted by Crippen LogP contribution is -2.13. The van der Waals surface area contributed by atoms with E-state index in [-0.39, 0.29) is 5.75 Å². The SMILES string of the molecule is COCCOCCOCCOCCOc1ccc(O)cc1C.Cc1ccc(O)cc1. The number of aromatic hydroxyl groups is 2. The summed E-state index contributed by atoms with van der Waals surface area (Å²) in [5, 5.41) is 18.1. The lowest BCUT2D eigenvalue weighted by molar-refractivity contribution is 0.000140. The number of hydrogen-bond acceptors (Lipinski definition) is 7. The maximum Gasteiger partial charge on any atom is 0.122 e. The van der Waals surface area contributed by atoms with Crippen molar-refractivity contribution in [3.63, 3.8) is 0 Å². The summed E-state index contributed by atoms with van der Waals surface area (Å²) in [7, 11) is 1.64. The Morgan fingerprint density at radius 2 is 1.13 bits per heavy atom. The zero-order chi connectivity index (χ0) is 22.0. The van der Waals surface area contributed by atoms with Gasteiger partial charge in [-0.05, 0) is 49.7 Å². The van der Waals surface area contributed by atoms with Gasteiger partial charge in [-0.15, -0.1) is 0 Å². The normalized spacial score (nSPS) is 10.4. The first-order valence-electron chi connectivity index (χ1n) is 9.93. The summed E-state index contributed by atoms with van der Waals surface area (Å²) in [5.41, 5.74) is 2.07. The summed E-state index contributed by atoms with van der Waals surface area (Å²) in [6, 6.07) is 12.1. The molecule has 0 unspecified atom stereocenters. The monoisotopic (exact) mass is 422 g/mol. The van der Waals surface area contributed by atoms with Crippen LogP contribution in [0.1, 0.15) is 11.1 Å². The molecule has 7 heteroatoms. The van der Waals surface area contributed by atoms with Crippen molar-refractivity contribution in [2.75, 3.05) is 60.0 Å². The third-order valence-electron chi connectivity index (χ3n) is 3.85. The van der Waals surface area contributed by atoms with Crippen LogP contribution in [0.4, 0.5) is 0 Å². The van der Waals surface area contributed by atoms with Gasteiger partial charge in [-0.1, -0.05) is 17.7 Å². The molecule has 168 valence electrons. The van der Waals surface area contributed by atoms with E-state index in [1.165, 1.54) is 5.56 Å². The number of rotatable bonds is 13. The van der Waals surface area contributed by atoms with Gasteiger partial charge in [0.25, 0.3) is 0 Å². The number of hydrogen-bond donors (Lipinski definition) is 2. The van der Waals surface area contributed by atoms with Gasteiger partial charge < -0.3 is 33.9 Å². The van der Waals surface area contributed by atoms with Crippen LogP contribution in [0, 0.1) is 13.8 Å². The molecule has 0 aliphatic carbocycles. The molecule has 2 rings (SSSR count). The molecule has 0 heterocycles. The lowest BCUT2D eigenvalue weighted by Gasteiger charge is -2.10.